The summed E-state index contributed by atoms with van der Waals surface area (Å²) in [6, 6.07) is 11.0. The molecule has 4 heterocycles. The van der Waals surface area contributed by atoms with E-state index in [9.17, 15) is 9.59 Å². The van der Waals surface area contributed by atoms with E-state index in [2.05, 4.69) is 28.5 Å². The van der Waals surface area contributed by atoms with Gasteiger partial charge < -0.3 is 20.5 Å². The van der Waals surface area contributed by atoms with Crippen LogP contribution < -0.4 is 20.5 Å². The lowest BCUT2D eigenvalue weighted by Gasteiger charge is -2.30. The quantitative estimate of drug-likeness (QED) is 0.425. The lowest BCUT2D eigenvalue weighted by atomic mass is 9.97. The van der Waals surface area contributed by atoms with Crippen LogP contribution in [0.4, 0.5) is 0 Å². The van der Waals surface area contributed by atoms with Crippen molar-refractivity contribution in [2.45, 2.75) is 92.8 Å². The second-order valence-electron chi connectivity index (χ2n) is 9.02. The fraction of sp³-hybridized carbons (Fsp3) is 0.485. The molecule has 8 heteroatoms. The molecule has 6 bridgehead atoms. The first kappa shape index (κ1) is 33.4. The number of ether oxygens (including phenoxy) is 2. The molecule has 0 spiro atoms. The Kier molecular flexibility index (Phi) is 13.9. The van der Waals surface area contributed by atoms with E-state index in [1.807, 2.05) is 60.6 Å². The minimum atomic E-state index is -0.194. The van der Waals surface area contributed by atoms with Gasteiger partial charge in [-0.05, 0) is 55.7 Å². The van der Waals surface area contributed by atoms with Gasteiger partial charge in [0, 0.05) is 29.5 Å². The van der Waals surface area contributed by atoms with Gasteiger partial charge in [-0.1, -0.05) is 59.8 Å². The predicted octanol–water partition coefficient (Wildman–Crippen LogP) is 6.64. The molecule has 2 aromatic rings. The molecule has 0 saturated carbocycles. The third-order valence-corrected chi connectivity index (χ3v) is 6.61. The van der Waals surface area contributed by atoms with E-state index in [0.29, 0.717) is 42.9 Å². The van der Waals surface area contributed by atoms with Crippen molar-refractivity contribution in [3.63, 3.8) is 0 Å². The number of nitrogens with zero attached hydrogens (tertiary/aromatic N) is 2. The lowest BCUT2D eigenvalue weighted by molar-refractivity contribution is -0.128. The summed E-state index contributed by atoms with van der Waals surface area (Å²) < 4.78 is 11.6. The molecule has 41 heavy (non-hydrogen) atoms. The van der Waals surface area contributed by atoms with Crippen LogP contribution in [0.1, 0.15) is 107 Å². The minimum Gasteiger partial charge on any atom is -0.494 e. The number of benzene rings is 2. The number of carbonyl (C=O) groups excluding carboxylic acids is 2. The van der Waals surface area contributed by atoms with Gasteiger partial charge in [-0.25, -0.2) is 4.99 Å². The molecule has 0 radical (unpaired) electrons. The Hall–Kier alpha value is -3.81. The number of aliphatic imine (C=N–C) groups is 1. The molecular formula is C33H48N4O4. The van der Waals surface area contributed by atoms with Crippen LogP contribution in [0, 0.1) is 0 Å². The van der Waals surface area contributed by atoms with E-state index >= 15 is 0 Å². The summed E-state index contributed by atoms with van der Waals surface area (Å²) in [7, 11) is 0. The van der Waals surface area contributed by atoms with Gasteiger partial charge in [0.05, 0.1) is 31.8 Å². The molecule has 0 fully saturated rings. The fourth-order valence-corrected chi connectivity index (χ4v) is 4.80. The van der Waals surface area contributed by atoms with Crippen LogP contribution in [0.15, 0.2) is 47.5 Å². The normalized spacial score (nSPS) is 20.0. The maximum atomic E-state index is 13.3. The van der Waals surface area contributed by atoms with Crippen LogP contribution in [-0.2, 0) is 11.3 Å². The van der Waals surface area contributed by atoms with Crippen LogP contribution >= 0.6 is 0 Å². The summed E-state index contributed by atoms with van der Waals surface area (Å²) in [5.41, 5.74) is 9.44. The van der Waals surface area contributed by atoms with Crippen LogP contribution in [0.2, 0.25) is 0 Å². The largest absolute Gasteiger partial charge is 0.494 e. The number of nitrogens with one attached hydrogen (secondary N) is 1. The summed E-state index contributed by atoms with van der Waals surface area (Å²) >= 11 is 0. The predicted molar refractivity (Wildman–Crippen MR) is 167 cm³/mol. The SMILES string of the molecule is CC.CC.CC.CCOc1ccc2cc1CN1C(=O)CC(CC/C=C/c3ccc4c(c3)C(CCO4)NC2=O)N=C1N. The van der Waals surface area contributed by atoms with E-state index in [4.69, 9.17) is 15.2 Å². The van der Waals surface area contributed by atoms with Crippen LogP contribution in [-0.4, -0.2) is 41.9 Å². The number of allylic oxidation sites excluding steroid dienone is 1. The molecule has 2 amide bonds. The zero-order chi connectivity index (χ0) is 30.4. The Balaban J connectivity index is 0.000000921. The molecule has 3 N–H and O–H groups in total. The first-order valence-corrected chi connectivity index (χ1v) is 15.2. The van der Waals surface area contributed by atoms with Crippen molar-refractivity contribution in [2.24, 2.45) is 10.7 Å². The van der Waals surface area contributed by atoms with Crippen LogP contribution in [0.25, 0.3) is 6.08 Å². The van der Waals surface area contributed by atoms with E-state index in [0.717, 1.165) is 29.7 Å². The highest BCUT2D eigenvalue weighted by Gasteiger charge is 2.29. The lowest BCUT2D eigenvalue weighted by Crippen LogP contribution is -2.46. The first-order valence-electron chi connectivity index (χ1n) is 15.2. The number of amides is 2. The van der Waals surface area contributed by atoms with Crippen LogP contribution in [0.3, 0.4) is 0 Å². The van der Waals surface area contributed by atoms with Crippen molar-refractivity contribution in [3.05, 3.63) is 64.7 Å². The van der Waals surface area contributed by atoms with Gasteiger partial charge in [-0.15, -0.1) is 0 Å². The van der Waals surface area contributed by atoms with Gasteiger partial charge >= 0.3 is 0 Å². The van der Waals surface area contributed by atoms with Gasteiger partial charge in [0.25, 0.3) is 5.91 Å². The van der Waals surface area contributed by atoms with Crippen molar-refractivity contribution < 1.29 is 19.1 Å². The van der Waals surface area contributed by atoms with Crippen molar-refractivity contribution in [3.8, 4) is 11.5 Å². The number of carbonyl (C=O) groups is 2. The Bertz CT molecular complexity index is 1210. The summed E-state index contributed by atoms with van der Waals surface area (Å²) in [5.74, 6) is 1.35. The number of rotatable bonds is 2. The number of fused-ring (bicyclic) bond motifs is 4. The van der Waals surface area contributed by atoms with Gasteiger partial charge in [-0.3, -0.25) is 14.5 Å². The Morgan fingerprint density at radius 2 is 1.80 bits per heavy atom. The van der Waals surface area contributed by atoms with E-state index in [-0.39, 0.29) is 36.4 Å². The maximum Gasteiger partial charge on any atom is 0.251 e. The molecule has 224 valence electrons. The third kappa shape index (κ3) is 8.59. The molecule has 0 aliphatic carbocycles. The summed E-state index contributed by atoms with van der Waals surface area (Å²) in [5, 5.41) is 3.17. The zero-order valence-electron chi connectivity index (χ0n) is 25.8. The molecule has 2 unspecified atom stereocenters. The number of hydrogen-bond donors (Lipinski definition) is 2. The van der Waals surface area contributed by atoms with Gasteiger partial charge in [-0.2, -0.15) is 0 Å². The average Bonchev–Trinajstić information content (AvgIpc) is 3.01. The van der Waals surface area contributed by atoms with Crippen molar-refractivity contribution >= 4 is 23.8 Å². The summed E-state index contributed by atoms with van der Waals surface area (Å²) in [4.78, 5) is 32.3. The summed E-state index contributed by atoms with van der Waals surface area (Å²) in [6.45, 7) is 15.1. The van der Waals surface area contributed by atoms with Crippen LogP contribution in [0.5, 0.6) is 11.5 Å². The van der Waals surface area contributed by atoms with Gasteiger partial charge in [0.1, 0.15) is 11.5 Å². The highest BCUT2D eigenvalue weighted by Crippen LogP contribution is 2.34. The van der Waals surface area contributed by atoms with E-state index in [1.165, 1.54) is 4.90 Å². The molecule has 2 atom stereocenters. The Morgan fingerprint density at radius 1 is 1.05 bits per heavy atom. The molecule has 4 aliphatic heterocycles. The molecule has 4 aliphatic rings. The van der Waals surface area contributed by atoms with Crippen molar-refractivity contribution in [1.29, 1.82) is 0 Å². The Labute approximate surface area is 246 Å². The van der Waals surface area contributed by atoms with E-state index in [1.54, 1.807) is 18.2 Å². The topological polar surface area (TPSA) is 106 Å². The van der Waals surface area contributed by atoms with Gasteiger partial charge in [0.2, 0.25) is 5.91 Å². The average molecular weight is 565 g/mol. The number of hydrogen-bond acceptors (Lipinski definition) is 6. The summed E-state index contributed by atoms with van der Waals surface area (Å²) in [6.07, 6.45) is 6.65. The highest BCUT2D eigenvalue weighted by molar-refractivity contribution is 5.99. The zero-order valence-corrected chi connectivity index (χ0v) is 25.8. The second-order valence-corrected chi connectivity index (χ2v) is 9.02. The molecule has 0 saturated heterocycles. The van der Waals surface area contributed by atoms with Crippen molar-refractivity contribution in [2.75, 3.05) is 13.2 Å². The third-order valence-electron chi connectivity index (χ3n) is 6.61. The standard InChI is InChI=1S/C27H30N4O4.3C2H6/c1-2-34-23-10-8-18-14-19(23)16-31-25(32)15-20(29-27(31)28)6-4-3-5-17-7-9-24-21(13-17)22(11-12-35-24)30-26(18)33;3*1-2/h3,5,7-10,13-14,20,22H,2,4,6,11-12,15-16H2,1H3,(H2,28,29)(H,30,33);3*1-2H3/b5-3+;;;. The smallest absolute Gasteiger partial charge is 0.251 e. The van der Waals surface area contributed by atoms with Gasteiger partial charge in [0.15, 0.2) is 5.96 Å². The molecule has 6 rings (SSSR count). The maximum absolute atomic E-state index is 13.3. The fourth-order valence-electron chi connectivity index (χ4n) is 4.80. The first-order chi connectivity index (χ1) is 20.0. The monoisotopic (exact) mass is 564 g/mol. The molecule has 2 aromatic carbocycles. The number of guanidine groups is 1. The van der Waals surface area contributed by atoms with E-state index < -0.39 is 0 Å². The molecular weight excluding hydrogens is 516 g/mol. The van der Waals surface area contributed by atoms with Crippen molar-refractivity contribution in [1.82, 2.24) is 10.2 Å². The molecule has 8 nitrogen and oxygen atoms in total. The number of nitrogens with two attached hydrogens (primary N) is 1. The molecule has 0 aromatic heterocycles. The highest BCUT2D eigenvalue weighted by atomic mass is 16.5. The minimum absolute atomic E-state index is 0.0765. The Morgan fingerprint density at radius 3 is 2.51 bits per heavy atom. The second kappa shape index (κ2) is 17.1.